The first-order valence-corrected chi connectivity index (χ1v) is 7.87. The van der Waals surface area contributed by atoms with Crippen molar-refractivity contribution in [1.29, 1.82) is 0 Å². The highest BCUT2D eigenvalue weighted by atomic mass is 19.3. The lowest BCUT2D eigenvalue weighted by atomic mass is 10.1. The molecule has 1 heterocycles. The molecular weight excluding hydrogens is 364 g/mol. The average Bonchev–Trinajstić information content (AvgIpc) is 3.10. The van der Waals surface area contributed by atoms with Gasteiger partial charge in [0.05, 0.1) is 11.9 Å². The number of carbonyl (C=O) groups excluding carboxylic acids is 3. The van der Waals surface area contributed by atoms with Crippen LogP contribution in [0.5, 0.6) is 5.75 Å². The van der Waals surface area contributed by atoms with E-state index in [1.54, 1.807) is 0 Å². The molecule has 2 aromatic rings. The van der Waals surface area contributed by atoms with E-state index in [0.29, 0.717) is 5.69 Å². The van der Waals surface area contributed by atoms with Crippen molar-refractivity contribution >= 4 is 17.8 Å². The Morgan fingerprint density at radius 3 is 2.44 bits per heavy atom. The molecule has 8 nitrogen and oxygen atoms in total. The Balaban J connectivity index is 1.87. The lowest BCUT2D eigenvalue weighted by molar-refractivity contribution is -0.123. The van der Waals surface area contributed by atoms with Crippen LogP contribution in [0.15, 0.2) is 30.5 Å². The second-order valence-corrected chi connectivity index (χ2v) is 5.71. The van der Waals surface area contributed by atoms with Gasteiger partial charge in [-0.05, 0) is 30.2 Å². The van der Waals surface area contributed by atoms with E-state index < -0.39 is 31.0 Å². The summed E-state index contributed by atoms with van der Waals surface area (Å²) >= 11 is 0. The number of aromatic amines is 1. The zero-order chi connectivity index (χ0) is 20.0. The number of H-pyrrole nitrogens is 1. The molecule has 0 saturated carbocycles. The van der Waals surface area contributed by atoms with Crippen LogP contribution in [0.2, 0.25) is 0 Å². The molecule has 0 bridgehead atoms. The lowest BCUT2D eigenvalue weighted by Crippen LogP contribution is -2.34. The van der Waals surface area contributed by atoms with E-state index in [-0.39, 0.29) is 22.8 Å². The number of esters is 1. The van der Waals surface area contributed by atoms with Gasteiger partial charge in [0, 0.05) is 5.56 Å². The Bertz CT molecular complexity index is 818. The minimum atomic E-state index is -2.98. The molecule has 1 aromatic heterocycles. The first-order valence-electron chi connectivity index (χ1n) is 7.87. The first kappa shape index (κ1) is 20.0. The highest BCUT2D eigenvalue weighted by molar-refractivity contribution is 6.05. The van der Waals surface area contributed by atoms with Crippen LogP contribution in [0.4, 0.5) is 8.78 Å². The normalized spacial score (nSPS) is 10.7. The van der Waals surface area contributed by atoms with Gasteiger partial charge in [-0.2, -0.15) is 13.9 Å². The summed E-state index contributed by atoms with van der Waals surface area (Å²) in [5.74, 6) is -2.48. The summed E-state index contributed by atoms with van der Waals surface area (Å²) in [5, 5.41) is 8.47. The third-order valence-electron chi connectivity index (χ3n) is 3.40. The van der Waals surface area contributed by atoms with Gasteiger partial charge in [0.25, 0.3) is 11.8 Å². The van der Waals surface area contributed by atoms with Crippen LogP contribution in [0.25, 0.3) is 0 Å². The largest absolute Gasteiger partial charge is 0.452 e. The molecule has 2 N–H and O–H groups in total. The molecule has 1 aromatic carbocycles. The molecule has 0 aliphatic carbocycles. The molecular formula is C17H17F2N3O5. The lowest BCUT2D eigenvalue weighted by Gasteiger charge is -2.08. The maximum atomic E-state index is 12.1. The fourth-order valence-corrected chi connectivity index (χ4v) is 2.13. The summed E-state index contributed by atoms with van der Waals surface area (Å²) in [5.41, 5.74) is 0.828. The van der Waals surface area contributed by atoms with E-state index in [0.717, 1.165) is 12.1 Å². The molecule has 0 aliphatic rings. The topological polar surface area (TPSA) is 110 Å². The quantitative estimate of drug-likeness (QED) is 0.712. The zero-order valence-electron chi connectivity index (χ0n) is 14.5. The number of hydrogen-bond acceptors (Lipinski definition) is 6. The molecule has 0 saturated heterocycles. The van der Waals surface area contributed by atoms with Crippen LogP contribution < -0.4 is 10.1 Å². The van der Waals surface area contributed by atoms with Crippen molar-refractivity contribution in [3.8, 4) is 5.75 Å². The Morgan fingerprint density at radius 2 is 1.85 bits per heavy atom. The molecule has 144 valence electrons. The third kappa shape index (κ3) is 5.59. The van der Waals surface area contributed by atoms with Crippen LogP contribution in [-0.4, -0.2) is 41.2 Å². The summed E-state index contributed by atoms with van der Waals surface area (Å²) in [6.45, 7) is 0.0628. The maximum Gasteiger partial charge on any atom is 0.387 e. The van der Waals surface area contributed by atoms with Gasteiger partial charge in [-0.15, -0.1) is 0 Å². The van der Waals surface area contributed by atoms with Crippen molar-refractivity contribution in [1.82, 2.24) is 15.5 Å². The molecule has 2 rings (SSSR count). The van der Waals surface area contributed by atoms with E-state index >= 15 is 0 Å². The molecule has 2 amide bonds. The fraction of sp³-hybridized carbons (Fsp3) is 0.294. The molecule has 0 unspecified atom stereocenters. The number of rotatable bonds is 7. The standard InChI is InChI=1S/C17H17F2N3O5/c1-9(2)14-12(7-20-22-14)16(25)26-8-13(23)21-15(24)10-3-5-11(6-4-10)27-17(18)19/h3-7,9,17H,8H2,1-2H3,(H,20,22)(H,21,23,24). The van der Waals surface area contributed by atoms with E-state index in [2.05, 4.69) is 14.9 Å². The van der Waals surface area contributed by atoms with Gasteiger partial charge >= 0.3 is 12.6 Å². The van der Waals surface area contributed by atoms with Gasteiger partial charge in [-0.25, -0.2) is 4.79 Å². The van der Waals surface area contributed by atoms with Crippen LogP contribution in [0.1, 0.15) is 46.2 Å². The van der Waals surface area contributed by atoms with Gasteiger partial charge in [-0.1, -0.05) is 13.8 Å². The van der Waals surface area contributed by atoms with Crippen molar-refractivity contribution < 1.29 is 32.6 Å². The van der Waals surface area contributed by atoms with Gasteiger partial charge in [0.1, 0.15) is 11.3 Å². The number of alkyl halides is 2. The SMILES string of the molecule is CC(C)c1[nH]ncc1C(=O)OCC(=O)NC(=O)c1ccc(OC(F)F)cc1. The van der Waals surface area contributed by atoms with E-state index in [1.807, 2.05) is 19.2 Å². The monoisotopic (exact) mass is 381 g/mol. The van der Waals surface area contributed by atoms with E-state index in [4.69, 9.17) is 4.74 Å². The van der Waals surface area contributed by atoms with Crippen molar-refractivity contribution in [2.45, 2.75) is 26.4 Å². The minimum absolute atomic E-state index is 0.00229. The van der Waals surface area contributed by atoms with Gasteiger partial charge in [0.2, 0.25) is 0 Å². The van der Waals surface area contributed by atoms with Crippen LogP contribution in [0, 0.1) is 0 Å². The van der Waals surface area contributed by atoms with Gasteiger partial charge in [0.15, 0.2) is 6.61 Å². The molecule has 0 radical (unpaired) electrons. The van der Waals surface area contributed by atoms with Crippen molar-refractivity contribution in [3.05, 3.63) is 47.3 Å². The number of halogens is 2. The Kier molecular flexibility index (Phi) is 6.58. The number of nitrogens with zero attached hydrogens (tertiary/aromatic N) is 1. The predicted molar refractivity (Wildman–Crippen MR) is 88.5 cm³/mol. The van der Waals surface area contributed by atoms with Crippen molar-refractivity contribution in [2.75, 3.05) is 6.61 Å². The summed E-state index contributed by atoms with van der Waals surface area (Å²) in [4.78, 5) is 35.7. The Hall–Kier alpha value is -3.30. The molecule has 0 fully saturated rings. The summed E-state index contributed by atoms with van der Waals surface area (Å²) in [7, 11) is 0. The van der Waals surface area contributed by atoms with Crippen LogP contribution >= 0.6 is 0 Å². The summed E-state index contributed by atoms with van der Waals surface area (Å²) in [6, 6.07) is 4.76. The average molecular weight is 381 g/mol. The van der Waals surface area contributed by atoms with Crippen molar-refractivity contribution in [2.24, 2.45) is 0 Å². The van der Waals surface area contributed by atoms with E-state index in [1.165, 1.54) is 18.3 Å². The van der Waals surface area contributed by atoms with E-state index in [9.17, 15) is 23.2 Å². The Morgan fingerprint density at radius 1 is 1.19 bits per heavy atom. The number of nitrogens with one attached hydrogen (secondary N) is 2. The highest BCUT2D eigenvalue weighted by Crippen LogP contribution is 2.17. The summed E-state index contributed by atoms with van der Waals surface area (Å²) < 4.78 is 33.2. The molecule has 0 spiro atoms. The second kappa shape index (κ2) is 8.88. The molecule has 27 heavy (non-hydrogen) atoms. The fourth-order valence-electron chi connectivity index (χ4n) is 2.13. The number of ether oxygens (including phenoxy) is 2. The molecule has 10 heteroatoms. The number of amides is 2. The van der Waals surface area contributed by atoms with Crippen LogP contribution in [-0.2, 0) is 9.53 Å². The predicted octanol–water partition coefficient (Wildman–Crippen LogP) is 2.25. The third-order valence-corrected chi connectivity index (χ3v) is 3.40. The Labute approximate surface area is 152 Å². The minimum Gasteiger partial charge on any atom is -0.452 e. The molecule has 0 aliphatic heterocycles. The first-order chi connectivity index (χ1) is 12.8. The van der Waals surface area contributed by atoms with Gasteiger partial charge < -0.3 is 9.47 Å². The smallest absolute Gasteiger partial charge is 0.387 e. The maximum absolute atomic E-state index is 12.1. The highest BCUT2D eigenvalue weighted by Gasteiger charge is 2.19. The number of imide groups is 1. The van der Waals surface area contributed by atoms with Gasteiger partial charge in [-0.3, -0.25) is 20.0 Å². The number of benzene rings is 1. The summed E-state index contributed by atoms with van der Waals surface area (Å²) in [6.07, 6.45) is 1.30. The molecule has 0 atom stereocenters. The number of carbonyl (C=O) groups is 3. The van der Waals surface area contributed by atoms with Crippen molar-refractivity contribution in [3.63, 3.8) is 0 Å². The second-order valence-electron chi connectivity index (χ2n) is 5.71. The van der Waals surface area contributed by atoms with Crippen LogP contribution in [0.3, 0.4) is 0 Å². The number of aromatic nitrogens is 2. The number of hydrogen-bond donors (Lipinski definition) is 2. The zero-order valence-corrected chi connectivity index (χ0v) is 14.5.